The van der Waals surface area contributed by atoms with Gasteiger partial charge in [0.25, 0.3) is 0 Å². The van der Waals surface area contributed by atoms with Crippen LogP contribution in [0.5, 0.6) is 0 Å². The van der Waals surface area contributed by atoms with Gasteiger partial charge in [0, 0.05) is 50.4 Å². The largest absolute Gasteiger partial charge is 0.455 e. The van der Waals surface area contributed by atoms with Gasteiger partial charge >= 0.3 is 0 Å². The van der Waals surface area contributed by atoms with Gasteiger partial charge in [-0.25, -0.2) is 8.78 Å². The van der Waals surface area contributed by atoms with E-state index in [9.17, 15) is 0 Å². The van der Waals surface area contributed by atoms with Crippen LogP contribution in [0.3, 0.4) is 0 Å². The predicted octanol–water partition coefficient (Wildman–Crippen LogP) is 20.8. The van der Waals surface area contributed by atoms with Gasteiger partial charge in [-0.05, 0) is 128 Å². The second-order valence-electron chi connectivity index (χ2n) is 23.1. The van der Waals surface area contributed by atoms with Gasteiger partial charge in [0.15, 0.2) is 5.58 Å². The molecule has 0 N–H and O–H groups in total. The van der Waals surface area contributed by atoms with Crippen molar-refractivity contribution in [2.45, 2.75) is 57.8 Å². The molecule has 2 heterocycles. The van der Waals surface area contributed by atoms with E-state index in [0.29, 0.717) is 22.5 Å². The third-order valence-electron chi connectivity index (χ3n) is 16.3. The molecule has 0 radical (unpaired) electrons. The van der Waals surface area contributed by atoms with Crippen molar-refractivity contribution in [3.63, 3.8) is 0 Å². The highest BCUT2D eigenvalue weighted by Gasteiger charge is 2.50. The highest BCUT2D eigenvalue weighted by Crippen LogP contribution is 2.64. The van der Waals surface area contributed by atoms with E-state index < -0.39 is 17.0 Å². The number of para-hydroxylation sites is 2. The Morgan fingerprint density at radius 3 is 1.47 bits per heavy atom. The summed E-state index contributed by atoms with van der Waals surface area (Å²) >= 11 is 0. The summed E-state index contributed by atoms with van der Waals surface area (Å²) in [6, 6.07) is 78.8. The number of rotatable bonds is 8. The van der Waals surface area contributed by atoms with E-state index >= 15 is 8.78 Å². The van der Waals surface area contributed by atoms with Gasteiger partial charge in [-0.3, -0.25) is 0 Å². The average molecular weight is 1030 g/mol. The normalized spacial score (nSPS) is 13.2. The van der Waals surface area contributed by atoms with Crippen LogP contribution in [0.15, 0.2) is 239 Å². The molecule has 13 aromatic rings. The number of benzene rings is 11. The summed E-state index contributed by atoms with van der Waals surface area (Å²) in [5.74, 6) is -1.35. The maximum absolute atomic E-state index is 17.1. The Balaban J connectivity index is 1.18. The molecule has 0 fully saturated rings. The summed E-state index contributed by atoms with van der Waals surface area (Å²) in [6.07, 6.45) is 0. The van der Waals surface area contributed by atoms with Crippen LogP contribution in [0.2, 0.25) is 0 Å². The van der Waals surface area contributed by atoms with E-state index in [1.54, 1.807) is 6.07 Å². The summed E-state index contributed by atoms with van der Waals surface area (Å²) in [4.78, 5) is 4.31. The fourth-order valence-corrected chi connectivity index (χ4v) is 12.5. The van der Waals surface area contributed by atoms with Gasteiger partial charge < -0.3 is 18.6 Å². The number of fused-ring (bicyclic) bond motifs is 12. The maximum atomic E-state index is 17.1. The van der Waals surface area contributed by atoms with Crippen molar-refractivity contribution in [2.75, 3.05) is 9.80 Å². The van der Waals surface area contributed by atoms with Crippen LogP contribution in [-0.2, 0) is 16.2 Å². The summed E-state index contributed by atoms with van der Waals surface area (Å²) in [7, 11) is 0. The Kier molecular flexibility index (Phi) is 10.9. The van der Waals surface area contributed by atoms with Crippen LogP contribution < -0.4 is 9.80 Å². The van der Waals surface area contributed by atoms with E-state index in [-0.39, 0.29) is 16.5 Å². The molecule has 2 aromatic heterocycles. The van der Waals surface area contributed by atoms with Crippen molar-refractivity contribution in [1.82, 2.24) is 0 Å². The minimum Gasteiger partial charge on any atom is -0.455 e. The second kappa shape index (κ2) is 17.9. The van der Waals surface area contributed by atoms with Gasteiger partial charge in [-0.15, -0.1) is 0 Å². The molecule has 0 spiro atoms. The fraction of sp³-hybridized carbons (Fsp3) is 0.123. The van der Waals surface area contributed by atoms with Crippen molar-refractivity contribution in [1.29, 1.82) is 0 Å². The molecule has 384 valence electrons. The Morgan fingerprint density at radius 2 is 0.873 bits per heavy atom. The van der Waals surface area contributed by atoms with Crippen molar-refractivity contribution in [2.24, 2.45) is 0 Å². The first-order valence-electron chi connectivity index (χ1n) is 27.1. The average Bonchev–Trinajstić information content (AvgIpc) is 1.83. The highest BCUT2D eigenvalue weighted by molar-refractivity contribution is 6.26. The van der Waals surface area contributed by atoms with Crippen LogP contribution in [0.1, 0.15) is 74.9 Å². The molecule has 11 aromatic carbocycles. The molecule has 6 heteroatoms. The third-order valence-corrected chi connectivity index (χ3v) is 16.3. The summed E-state index contributed by atoms with van der Waals surface area (Å²) in [5, 5.41) is 5.82. The van der Waals surface area contributed by atoms with Gasteiger partial charge in [-0.2, -0.15) is 0 Å². The van der Waals surface area contributed by atoms with Crippen LogP contribution in [-0.4, -0.2) is 0 Å². The van der Waals surface area contributed by atoms with Crippen LogP contribution >= 0.6 is 0 Å². The van der Waals surface area contributed by atoms with Gasteiger partial charge in [-0.1, -0.05) is 193 Å². The van der Waals surface area contributed by atoms with Crippen molar-refractivity contribution >= 4 is 88.8 Å². The number of halogens is 2. The van der Waals surface area contributed by atoms with E-state index in [1.807, 2.05) is 41.3 Å². The van der Waals surface area contributed by atoms with E-state index in [0.717, 1.165) is 106 Å². The number of nitrogens with zero attached hydrogens (tertiary/aromatic N) is 2. The van der Waals surface area contributed by atoms with Gasteiger partial charge in [0.1, 0.15) is 28.4 Å². The molecule has 0 aliphatic heterocycles. The molecule has 0 atom stereocenters. The first-order chi connectivity index (χ1) is 38.3. The quantitative estimate of drug-likeness (QED) is 0.152. The fourth-order valence-electron chi connectivity index (χ4n) is 12.5. The lowest BCUT2D eigenvalue weighted by Gasteiger charge is -2.36. The van der Waals surface area contributed by atoms with E-state index in [1.165, 1.54) is 11.6 Å². The molecule has 79 heavy (non-hydrogen) atoms. The highest BCUT2D eigenvalue weighted by atomic mass is 19.1. The van der Waals surface area contributed by atoms with Gasteiger partial charge in [0.2, 0.25) is 0 Å². The lowest BCUT2D eigenvalue weighted by atomic mass is 9.67. The minimum atomic E-state index is -1.04. The molecule has 1 aliphatic rings. The molecule has 0 unspecified atom stereocenters. The Morgan fingerprint density at radius 1 is 0.380 bits per heavy atom. The summed E-state index contributed by atoms with van der Waals surface area (Å²) < 4.78 is 47.0. The maximum Gasteiger partial charge on any atom is 0.160 e. The molecule has 0 amide bonds. The summed E-state index contributed by atoms with van der Waals surface area (Å²) in [6.45, 7) is 13.3. The van der Waals surface area contributed by atoms with Crippen LogP contribution in [0.4, 0.5) is 42.9 Å². The molecule has 0 bridgehead atoms. The zero-order valence-corrected chi connectivity index (χ0v) is 44.9. The number of hydrogen-bond donors (Lipinski definition) is 0. The van der Waals surface area contributed by atoms with Crippen molar-refractivity contribution < 1.29 is 17.6 Å². The second-order valence-corrected chi connectivity index (χ2v) is 23.1. The predicted molar refractivity (Wildman–Crippen MR) is 322 cm³/mol. The molecular formula is C73H56F2N2O2. The van der Waals surface area contributed by atoms with Crippen LogP contribution in [0, 0.1) is 11.6 Å². The lowest BCUT2D eigenvalue weighted by molar-refractivity contribution is 0.584. The molecule has 1 aliphatic carbocycles. The zero-order valence-electron chi connectivity index (χ0n) is 44.9. The first-order valence-corrected chi connectivity index (χ1v) is 27.1. The first kappa shape index (κ1) is 48.1. The third kappa shape index (κ3) is 7.52. The molecule has 0 saturated heterocycles. The molecule has 4 nitrogen and oxygen atoms in total. The number of furan rings is 2. The van der Waals surface area contributed by atoms with Crippen molar-refractivity contribution in [3.05, 3.63) is 276 Å². The van der Waals surface area contributed by atoms with Crippen LogP contribution in [0.25, 0.3) is 65.8 Å². The lowest BCUT2D eigenvalue weighted by Crippen LogP contribution is -2.29. The van der Waals surface area contributed by atoms with Crippen molar-refractivity contribution in [3.8, 4) is 11.1 Å². The molecule has 0 saturated carbocycles. The number of anilines is 6. The SMILES string of the molecule is CC(C)(C)c1ccc(N(c2ccc3ccccc3c2)c2cc3c(c4c2oc2ccccc24)-c2c(cc(N(c4ccc(C(C)(C)C)cc4)c4ccc(F)cc4F)c4c2oc2ccccc24)C3(c2ccccc2)c2ccccc2)cc1. The Labute approximate surface area is 458 Å². The topological polar surface area (TPSA) is 32.8 Å². The van der Waals surface area contributed by atoms with Gasteiger partial charge in [0.05, 0.1) is 27.9 Å². The Hall–Kier alpha value is -9.26. The molecule has 14 rings (SSSR count). The van der Waals surface area contributed by atoms with E-state index in [4.69, 9.17) is 8.83 Å². The van der Waals surface area contributed by atoms with E-state index in [2.05, 4.69) is 222 Å². The standard InChI is InChI=1S/C73H56F2N2O2/c1-71(2,3)47-30-36-52(37-31-47)76(54-35-29-45-19-13-14-20-46(45)41-54)62-44-57-67(66-56-26-16-18-28-64(56)78-69(62)66)68-58(73(57,49-21-9-7-10-22-49)50-23-11-8-12-24-50)43-61(65-55-25-15-17-27-63(55)79-70(65)68)77(60-40-34-51(74)42-59(60)75)53-38-32-48(33-39-53)72(4,5)6/h7-44H,1-6H3. The summed E-state index contributed by atoms with van der Waals surface area (Å²) in [5.41, 5.74) is 14.2. The smallest absolute Gasteiger partial charge is 0.160 e. The Bertz CT molecular complexity index is 4490. The zero-order chi connectivity index (χ0) is 54.0. The monoisotopic (exact) mass is 1030 g/mol. The minimum absolute atomic E-state index is 0.0720. The molecular weight excluding hydrogens is 975 g/mol. The number of hydrogen-bond acceptors (Lipinski definition) is 4.